The predicted octanol–water partition coefficient (Wildman–Crippen LogP) is 7.80. The van der Waals surface area contributed by atoms with Gasteiger partial charge >= 0.3 is 0 Å². The second-order valence-corrected chi connectivity index (χ2v) is 9.44. The van der Waals surface area contributed by atoms with Crippen LogP contribution in [0.4, 0.5) is 11.5 Å². The molecule has 178 valence electrons. The van der Waals surface area contributed by atoms with Crippen LogP contribution in [0.5, 0.6) is 0 Å². The van der Waals surface area contributed by atoms with Crippen molar-refractivity contribution in [3.63, 3.8) is 0 Å². The highest BCUT2D eigenvalue weighted by Crippen LogP contribution is 2.38. The fourth-order valence-corrected chi connectivity index (χ4v) is 4.17. The van der Waals surface area contributed by atoms with Crippen molar-refractivity contribution in [1.29, 1.82) is 0 Å². The fourth-order valence-electron chi connectivity index (χ4n) is 4.17. The van der Waals surface area contributed by atoms with Crippen molar-refractivity contribution in [1.82, 2.24) is 9.97 Å². The molecule has 2 aromatic carbocycles. The summed E-state index contributed by atoms with van der Waals surface area (Å²) in [5.41, 5.74) is 13.5. The number of aromatic nitrogens is 2. The fraction of sp³-hybridized carbons (Fsp3) is 0.333. The van der Waals surface area contributed by atoms with Crippen molar-refractivity contribution in [3.8, 4) is 22.4 Å². The first kappa shape index (κ1) is 25.2. The number of anilines is 2. The lowest BCUT2D eigenvalue weighted by molar-refractivity contribution is 1.14. The molecular formula is C30H38N4. The molecule has 0 saturated carbocycles. The summed E-state index contributed by atoms with van der Waals surface area (Å²) in [7, 11) is 0. The molecule has 0 radical (unpaired) electrons. The molecule has 0 aliphatic rings. The third-order valence-corrected chi connectivity index (χ3v) is 6.32. The Hall–Kier alpha value is -3.40. The largest absolute Gasteiger partial charge is 0.382 e. The molecule has 0 amide bonds. The molecule has 0 fully saturated rings. The second-order valence-electron chi connectivity index (χ2n) is 9.44. The van der Waals surface area contributed by atoms with Gasteiger partial charge in [-0.3, -0.25) is 4.98 Å². The first-order valence-electron chi connectivity index (χ1n) is 12.0. The molecule has 3 aromatic rings. The second kappa shape index (κ2) is 11.1. The van der Waals surface area contributed by atoms with Crippen molar-refractivity contribution in [2.24, 2.45) is 0 Å². The highest BCUT2D eigenvalue weighted by Gasteiger charge is 2.18. The van der Waals surface area contributed by atoms with Crippen LogP contribution in [0, 0.1) is 27.7 Å². The molecule has 0 unspecified atom stereocenters. The Morgan fingerprint density at radius 2 is 1.21 bits per heavy atom. The lowest BCUT2D eigenvalue weighted by Crippen LogP contribution is -2.04. The van der Waals surface area contributed by atoms with E-state index in [1.807, 2.05) is 12.4 Å². The summed E-state index contributed by atoms with van der Waals surface area (Å²) in [6.07, 6.45) is 8.04. The summed E-state index contributed by atoms with van der Waals surface area (Å²) in [5, 5.41) is 6.76. The van der Waals surface area contributed by atoms with E-state index in [9.17, 15) is 0 Å². The maximum Gasteiger partial charge on any atom is 0.144 e. The molecule has 2 N–H and O–H groups in total. The van der Waals surface area contributed by atoms with Crippen molar-refractivity contribution in [2.45, 2.75) is 55.4 Å². The van der Waals surface area contributed by atoms with E-state index in [-0.39, 0.29) is 0 Å². The Balaban J connectivity index is 1.90. The Kier molecular flexibility index (Phi) is 8.27. The highest BCUT2D eigenvalue weighted by atomic mass is 15.0. The van der Waals surface area contributed by atoms with Crippen LogP contribution >= 0.6 is 0 Å². The van der Waals surface area contributed by atoms with Gasteiger partial charge in [-0.25, -0.2) is 4.98 Å². The predicted molar refractivity (Wildman–Crippen MR) is 148 cm³/mol. The van der Waals surface area contributed by atoms with E-state index in [4.69, 9.17) is 4.98 Å². The highest BCUT2D eigenvalue weighted by molar-refractivity contribution is 5.82. The summed E-state index contributed by atoms with van der Waals surface area (Å²) in [4.78, 5) is 9.35. The van der Waals surface area contributed by atoms with Gasteiger partial charge in [-0.15, -0.1) is 0 Å². The maximum absolute atomic E-state index is 4.75. The van der Waals surface area contributed by atoms with Crippen LogP contribution in [0.2, 0.25) is 0 Å². The topological polar surface area (TPSA) is 49.8 Å². The Morgan fingerprint density at radius 3 is 1.71 bits per heavy atom. The van der Waals surface area contributed by atoms with Gasteiger partial charge in [0.15, 0.2) is 0 Å². The summed E-state index contributed by atoms with van der Waals surface area (Å²) in [6, 6.07) is 8.76. The van der Waals surface area contributed by atoms with Crippen molar-refractivity contribution in [2.75, 3.05) is 23.7 Å². The summed E-state index contributed by atoms with van der Waals surface area (Å²) < 4.78 is 0. The summed E-state index contributed by atoms with van der Waals surface area (Å²) >= 11 is 0. The first-order valence-corrected chi connectivity index (χ1v) is 12.0. The molecule has 0 aliphatic heterocycles. The van der Waals surface area contributed by atoms with Gasteiger partial charge in [0.25, 0.3) is 0 Å². The van der Waals surface area contributed by atoms with E-state index in [1.165, 1.54) is 50.1 Å². The summed E-state index contributed by atoms with van der Waals surface area (Å²) in [5.74, 6) is 0.792. The number of hydrogen-bond donors (Lipinski definition) is 2. The minimum atomic E-state index is 0.755. The average molecular weight is 455 g/mol. The van der Waals surface area contributed by atoms with Gasteiger partial charge in [0, 0.05) is 24.3 Å². The van der Waals surface area contributed by atoms with Crippen molar-refractivity contribution >= 4 is 11.5 Å². The molecule has 34 heavy (non-hydrogen) atoms. The minimum Gasteiger partial charge on any atom is -0.382 e. The van der Waals surface area contributed by atoms with Gasteiger partial charge in [0.05, 0.1) is 18.1 Å². The third-order valence-electron chi connectivity index (χ3n) is 6.32. The molecule has 3 rings (SSSR count). The van der Waals surface area contributed by atoms with E-state index >= 15 is 0 Å². The van der Waals surface area contributed by atoms with E-state index in [1.54, 1.807) is 0 Å². The third kappa shape index (κ3) is 5.93. The van der Waals surface area contributed by atoms with Gasteiger partial charge in [-0.05, 0) is 101 Å². The van der Waals surface area contributed by atoms with E-state index in [0.717, 1.165) is 30.3 Å². The normalized spacial score (nSPS) is 10.6. The Bertz CT molecular complexity index is 1070. The zero-order valence-electron chi connectivity index (χ0n) is 21.9. The number of rotatable bonds is 8. The minimum absolute atomic E-state index is 0.755. The van der Waals surface area contributed by atoms with Crippen LogP contribution < -0.4 is 10.6 Å². The molecule has 4 heteroatoms. The van der Waals surface area contributed by atoms with Crippen LogP contribution in [-0.4, -0.2) is 23.1 Å². The van der Waals surface area contributed by atoms with Crippen LogP contribution in [0.25, 0.3) is 22.4 Å². The van der Waals surface area contributed by atoms with Crippen LogP contribution in [-0.2, 0) is 0 Å². The molecule has 0 spiro atoms. The number of allylic oxidation sites excluding steroid dienone is 2. The van der Waals surface area contributed by atoms with Gasteiger partial charge in [0.2, 0.25) is 0 Å². The molecule has 1 aromatic heterocycles. The lowest BCUT2D eigenvalue weighted by Gasteiger charge is -2.21. The monoisotopic (exact) mass is 454 g/mol. The SMILES string of the molecule is CC(C)=CCNc1ccc(-c2c(C)c(C)c(-c3cnc(NCC=C(C)C)cn3)c(C)c2C)cc1. The first-order chi connectivity index (χ1) is 16.2. The van der Waals surface area contributed by atoms with Crippen LogP contribution in [0.3, 0.4) is 0 Å². The van der Waals surface area contributed by atoms with Gasteiger partial charge < -0.3 is 10.6 Å². The zero-order valence-corrected chi connectivity index (χ0v) is 21.9. The van der Waals surface area contributed by atoms with E-state index in [0.29, 0.717) is 0 Å². The standard InChI is InChI=1S/C30H38N4/c1-19(2)13-15-31-26-11-9-25(10-12-26)29-21(5)23(7)30(24(8)22(29)6)27-17-34-28(18-33-27)32-16-14-20(3)4/h9-14,17-18,31H,15-16H2,1-8H3,(H,32,34). The lowest BCUT2D eigenvalue weighted by atomic mass is 9.85. The van der Waals surface area contributed by atoms with Gasteiger partial charge in [-0.2, -0.15) is 0 Å². The number of nitrogens with zero attached hydrogens (tertiary/aromatic N) is 2. The summed E-state index contributed by atoms with van der Waals surface area (Å²) in [6.45, 7) is 18.8. The maximum atomic E-state index is 4.75. The smallest absolute Gasteiger partial charge is 0.144 e. The van der Waals surface area contributed by atoms with E-state index < -0.39 is 0 Å². The zero-order chi connectivity index (χ0) is 24.8. The average Bonchev–Trinajstić information content (AvgIpc) is 2.79. The Labute approximate surface area is 205 Å². The molecule has 0 saturated heterocycles. The quantitative estimate of drug-likeness (QED) is 0.341. The Morgan fingerprint density at radius 1 is 0.676 bits per heavy atom. The van der Waals surface area contributed by atoms with Gasteiger partial charge in [-0.1, -0.05) is 35.4 Å². The number of nitrogens with one attached hydrogen (secondary N) is 2. The molecule has 1 heterocycles. The number of benzene rings is 2. The van der Waals surface area contributed by atoms with Crippen LogP contribution in [0.1, 0.15) is 49.9 Å². The van der Waals surface area contributed by atoms with Crippen molar-refractivity contribution < 1.29 is 0 Å². The van der Waals surface area contributed by atoms with E-state index in [2.05, 4.69) is 107 Å². The number of hydrogen-bond acceptors (Lipinski definition) is 4. The molecule has 0 aliphatic carbocycles. The molecule has 0 atom stereocenters. The molecule has 0 bridgehead atoms. The molecular weight excluding hydrogens is 416 g/mol. The molecule has 4 nitrogen and oxygen atoms in total. The van der Waals surface area contributed by atoms with Crippen LogP contribution in [0.15, 0.2) is 60.0 Å². The van der Waals surface area contributed by atoms with Gasteiger partial charge in [0.1, 0.15) is 5.82 Å². The van der Waals surface area contributed by atoms with Crippen molar-refractivity contribution in [3.05, 3.63) is 82.2 Å².